The van der Waals surface area contributed by atoms with Crippen LogP contribution in [-0.2, 0) is 17.8 Å². The van der Waals surface area contributed by atoms with Gasteiger partial charge < -0.3 is 19.4 Å². The molecule has 7 heteroatoms. The Balaban J connectivity index is 1.37. The predicted molar refractivity (Wildman–Crippen MR) is 108 cm³/mol. The lowest BCUT2D eigenvalue weighted by Crippen LogP contribution is -2.46. The molecule has 0 atom stereocenters. The van der Waals surface area contributed by atoms with Crippen LogP contribution in [0.3, 0.4) is 0 Å². The Morgan fingerprint density at radius 2 is 1.90 bits per heavy atom. The zero-order valence-corrected chi connectivity index (χ0v) is 16.5. The first-order valence-corrected chi connectivity index (χ1v) is 10.3. The number of anilines is 1. The molecule has 0 radical (unpaired) electrons. The minimum Gasteiger partial charge on any atom is -0.472 e. The molecule has 2 aromatic rings. The standard InChI is InChI=1S/C22H27N3O4/c26-21(25(15-18-10-12-28-16-18)19-4-2-1-3-5-19)23-14-17-6-8-20(9-7-17)24-11-13-29-22(24)27/h6-10,12,16,19H,1-5,11,13-15H2,(H,23,26). The summed E-state index contributed by atoms with van der Waals surface area (Å²) < 4.78 is 10.2. The van der Waals surface area contributed by atoms with Crippen LogP contribution in [0.2, 0.25) is 0 Å². The molecular formula is C22H27N3O4. The van der Waals surface area contributed by atoms with Crippen LogP contribution >= 0.6 is 0 Å². The van der Waals surface area contributed by atoms with Crippen molar-refractivity contribution in [3.05, 3.63) is 54.0 Å². The van der Waals surface area contributed by atoms with E-state index in [4.69, 9.17) is 9.15 Å². The number of nitrogens with one attached hydrogen (secondary N) is 1. The lowest BCUT2D eigenvalue weighted by Gasteiger charge is -2.34. The molecule has 1 aromatic carbocycles. The molecule has 3 amide bonds. The molecule has 4 rings (SSSR count). The first kappa shape index (κ1) is 19.4. The van der Waals surface area contributed by atoms with E-state index in [2.05, 4.69) is 5.32 Å². The Morgan fingerprint density at radius 3 is 2.55 bits per heavy atom. The van der Waals surface area contributed by atoms with Crippen molar-refractivity contribution >= 4 is 17.8 Å². The molecule has 2 heterocycles. The highest BCUT2D eigenvalue weighted by Crippen LogP contribution is 2.24. The van der Waals surface area contributed by atoms with Crippen molar-refractivity contribution < 1.29 is 18.7 Å². The van der Waals surface area contributed by atoms with Gasteiger partial charge in [-0.05, 0) is 36.6 Å². The number of rotatable bonds is 6. The Bertz CT molecular complexity index is 813. The summed E-state index contributed by atoms with van der Waals surface area (Å²) in [4.78, 5) is 28.2. The molecule has 1 saturated heterocycles. The van der Waals surface area contributed by atoms with E-state index in [0.717, 1.165) is 29.7 Å². The van der Waals surface area contributed by atoms with Gasteiger partial charge in [0.05, 0.1) is 25.6 Å². The van der Waals surface area contributed by atoms with Crippen molar-refractivity contribution in [1.82, 2.24) is 10.2 Å². The second-order valence-corrected chi connectivity index (χ2v) is 7.64. The second kappa shape index (κ2) is 9.03. The number of furan rings is 1. The summed E-state index contributed by atoms with van der Waals surface area (Å²) in [6.07, 6.45) is 8.70. The summed E-state index contributed by atoms with van der Waals surface area (Å²) >= 11 is 0. The average Bonchev–Trinajstić information content (AvgIpc) is 3.43. The van der Waals surface area contributed by atoms with E-state index in [1.54, 1.807) is 17.4 Å². The highest BCUT2D eigenvalue weighted by molar-refractivity contribution is 5.89. The van der Waals surface area contributed by atoms with E-state index in [-0.39, 0.29) is 18.2 Å². The van der Waals surface area contributed by atoms with Gasteiger partial charge in [0, 0.05) is 23.8 Å². The first-order valence-electron chi connectivity index (χ1n) is 10.3. The molecule has 2 fully saturated rings. The van der Waals surface area contributed by atoms with Gasteiger partial charge in [0.25, 0.3) is 0 Å². The summed E-state index contributed by atoms with van der Waals surface area (Å²) in [6.45, 7) is 1.99. The fourth-order valence-corrected chi connectivity index (χ4v) is 4.04. The molecule has 7 nitrogen and oxygen atoms in total. The molecule has 1 aliphatic carbocycles. The molecule has 154 valence electrons. The molecule has 0 bridgehead atoms. The molecule has 2 aliphatic rings. The fraction of sp³-hybridized carbons (Fsp3) is 0.455. The summed E-state index contributed by atoms with van der Waals surface area (Å²) in [7, 11) is 0. The molecule has 1 aliphatic heterocycles. The molecule has 0 spiro atoms. The van der Waals surface area contributed by atoms with E-state index in [9.17, 15) is 9.59 Å². The van der Waals surface area contributed by atoms with Crippen LogP contribution < -0.4 is 10.2 Å². The Morgan fingerprint density at radius 1 is 1.10 bits per heavy atom. The number of benzene rings is 1. The largest absolute Gasteiger partial charge is 0.472 e. The van der Waals surface area contributed by atoms with Crippen LogP contribution in [0.1, 0.15) is 43.2 Å². The van der Waals surface area contributed by atoms with Gasteiger partial charge in [0.15, 0.2) is 0 Å². The predicted octanol–water partition coefficient (Wildman–Crippen LogP) is 4.28. The van der Waals surface area contributed by atoms with Crippen LogP contribution in [0.15, 0.2) is 47.3 Å². The number of carbonyl (C=O) groups excluding carboxylic acids is 2. The van der Waals surface area contributed by atoms with Gasteiger partial charge in [-0.1, -0.05) is 31.4 Å². The van der Waals surface area contributed by atoms with Crippen molar-refractivity contribution in [1.29, 1.82) is 0 Å². The normalized spacial score (nSPS) is 17.2. The Labute approximate surface area is 170 Å². The van der Waals surface area contributed by atoms with E-state index < -0.39 is 0 Å². The summed E-state index contributed by atoms with van der Waals surface area (Å²) in [6, 6.07) is 9.76. The van der Waals surface area contributed by atoms with Gasteiger partial charge in [-0.3, -0.25) is 4.90 Å². The number of nitrogens with zero attached hydrogens (tertiary/aromatic N) is 2. The van der Waals surface area contributed by atoms with Crippen molar-refractivity contribution in [2.45, 2.75) is 51.2 Å². The second-order valence-electron chi connectivity index (χ2n) is 7.64. The van der Waals surface area contributed by atoms with E-state index in [1.165, 1.54) is 19.3 Å². The molecule has 0 unspecified atom stereocenters. The van der Waals surface area contributed by atoms with E-state index in [0.29, 0.717) is 26.2 Å². The molecule has 1 saturated carbocycles. The average molecular weight is 397 g/mol. The van der Waals surface area contributed by atoms with Gasteiger partial charge in [0.1, 0.15) is 6.61 Å². The number of cyclic esters (lactones) is 1. The lowest BCUT2D eigenvalue weighted by atomic mass is 9.94. The molecular weight excluding hydrogens is 370 g/mol. The number of carbonyl (C=O) groups is 2. The van der Waals surface area contributed by atoms with Gasteiger partial charge in [0.2, 0.25) is 0 Å². The van der Waals surface area contributed by atoms with Gasteiger partial charge in [-0.2, -0.15) is 0 Å². The van der Waals surface area contributed by atoms with Crippen LogP contribution in [0.25, 0.3) is 0 Å². The third kappa shape index (κ3) is 4.72. The summed E-state index contributed by atoms with van der Waals surface area (Å²) in [5, 5.41) is 3.06. The monoisotopic (exact) mass is 397 g/mol. The highest BCUT2D eigenvalue weighted by Gasteiger charge is 2.26. The number of hydrogen-bond acceptors (Lipinski definition) is 4. The quantitative estimate of drug-likeness (QED) is 0.789. The van der Waals surface area contributed by atoms with Crippen LogP contribution in [-0.4, -0.2) is 36.2 Å². The van der Waals surface area contributed by atoms with Crippen LogP contribution in [0.5, 0.6) is 0 Å². The van der Waals surface area contributed by atoms with Crippen molar-refractivity contribution in [2.75, 3.05) is 18.1 Å². The van der Waals surface area contributed by atoms with E-state index in [1.807, 2.05) is 35.2 Å². The van der Waals surface area contributed by atoms with Crippen molar-refractivity contribution in [3.63, 3.8) is 0 Å². The SMILES string of the molecule is O=C1OCCN1c1ccc(CNC(=O)N(Cc2ccoc2)C2CCCCC2)cc1. The van der Waals surface area contributed by atoms with Crippen LogP contribution in [0, 0.1) is 0 Å². The lowest BCUT2D eigenvalue weighted by molar-refractivity contribution is 0.150. The maximum absolute atomic E-state index is 13.0. The smallest absolute Gasteiger partial charge is 0.414 e. The number of hydrogen-bond donors (Lipinski definition) is 1. The van der Waals surface area contributed by atoms with Gasteiger partial charge in [-0.15, -0.1) is 0 Å². The van der Waals surface area contributed by atoms with Crippen molar-refractivity contribution in [3.8, 4) is 0 Å². The summed E-state index contributed by atoms with van der Waals surface area (Å²) in [5.41, 5.74) is 2.81. The zero-order chi connectivity index (χ0) is 20.1. The van der Waals surface area contributed by atoms with E-state index >= 15 is 0 Å². The topological polar surface area (TPSA) is 75.0 Å². The maximum atomic E-state index is 13.0. The fourth-order valence-electron chi connectivity index (χ4n) is 4.04. The van der Waals surface area contributed by atoms with Gasteiger partial charge in [-0.25, -0.2) is 9.59 Å². The molecule has 1 aromatic heterocycles. The van der Waals surface area contributed by atoms with Gasteiger partial charge >= 0.3 is 12.1 Å². The first-order chi connectivity index (χ1) is 14.2. The highest BCUT2D eigenvalue weighted by atomic mass is 16.6. The minimum absolute atomic E-state index is 0.0507. The molecule has 29 heavy (non-hydrogen) atoms. The maximum Gasteiger partial charge on any atom is 0.414 e. The van der Waals surface area contributed by atoms with Crippen LogP contribution in [0.4, 0.5) is 15.3 Å². The third-order valence-electron chi connectivity index (χ3n) is 5.66. The molecule has 1 N–H and O–H groups in total. The number of amides is 3. The summed E-state index contributed by atoms with van der Waals surface area (Å²) in [5.74, 6) is 0. The third-order valence-corrected chi connectivity index (χ3v) is 5.66. The Hall–Kier alpha value is -2.96. The number of urea groups is 1. The minimum atomic E-state index is -0.312. The zero-order valence-electron chi connectivity index (χ0n) is 16.5. The van der Waals surface area contributed by atoms with Crippen molar-refractivity contribution in [2.24, 2.45) is 0 Å². The Kier molecular flexibility index (Phi) is 6.03. The number of ether oxygens (including phenoxy) is 1.